The lowest BCUT2D eigenvalue weighted by atomic mass is 9.93. The average molecular weight is 445 g/mol. The Morgan fingerprint density at radius 1 is 1.30 bits per heavy atom. The standard InChI is InChI=1S/C25H28N6O2/c1-16(30-26)25-21-8-7-18(19-14-28-31(2)15-19)13-22(21)23(9-10-27-25)29-20-6-4-5-17(11-20)12-24(32)33-3/h4-8,11,13-15,23,26-27,29H,9-10,12H2,1-3H3/b25-16-,30-26?. The Kier molecular flexibility index (Phi) is 6.53. The molecule has 3 aromatic rings. The summed E-state index contributed by atoms with van der Waals surface area (Å²) in [6.45, 7) is 2.58. The molecule has 1 aromatic heterocycles. The zero-order valence-corrected chi connectivity index (χ0v) is 19.1. The monoisotopic (exact) mass is 444 g/mol. The number of hydrogen-bond acceptors (Lipinski definition) is 7. The Labute approximate surface area is 193 Å². The number of carbonyl (C=O) groups is 1. The van der Waals surface area contributed by atoms with Crippen molar-refractivity contribution >= 4 is 17.4 Å². The van der Waals surface area contributed by atoms with Gasteiger partial charge >= 0.3 is 5.97 Å². The first-order chi connectivity index (χ1) is 16.0. The number of ether oxygens (including phenoxy) is 1. The lowest BCUT2D eigenvalue weighted by Crippen LogP contribution is -2.15. The van der Waals surface area contributed by atoms with E-state index in [0.717, 1.165) is 52.2 Å². The molecule has 1 aliphatic heterocycles. The molecule has 0 bridgehead atoms. The summed E-state index contributed by atoms with van der Waals surface area (Å²) in [7, 11) is 3.30. The molecular weight excluding hydrogens is 416 g/mol. The highest BCUT2D eigenvalue weighted by atomic mass is 16.5. The number of fused-ring (bicyclic) bond motifs is 1. The van der Waals surface area contributed by atoms with Crippen LogP contribution in [0.1, 0.15) is 36.1 Å². The van der Waals surface area contributed by atoms with Gasteiger partial charge in [-0.3, -0.25) is 9.48 Å². The fraction of sp³-hybridized carbons (Fsp3) is 0.280. The summed E-state index contributed by atoms with van der Waals surface area (Å²) in [5, 5.41) is 15.1. The molecule has 33 heavy (non-hydrogen) atoms. The fourth-order valence-electron chi connectivity index (χ4n) is 4.16. The summed E-state index contributed by atoms with van der Waals surface area (Å²) in [4.78, 5) is 11.7. The molecule has 0 saturated heterocycles. The van der Waals surface area contributed by atoms with Gasteiger partial charge in [-0.05, 0) is 48.2 Å². The van der Waals surface area contributed by atoms with Crippen molar-refractivity contribution < 1.29 is 9.53 Å². The highest BCUT2D eigenvalue weighted by Gasteiger charge is 2.23. The lowest BCUT2D eigenvalue weighted by Gasteiger charge is -2.21. The minimum Gasteiger partial charge on any atom is -0.469 e. The molecule has 8 nitrogen and oxygen atoms in total. The van der Waals surface area contributed by atoms with Crippen LogP contribution in [0.4, 0.5) is 5.69 Å². The topological polar surface area (TPSA) is 104 Å². The van der Waals surface area contributed by atoms with Crippen LogP contribution in [0.2, 0.25) is 0 Å². The first-order valence-corrected chi connectivity index (χ1v) is 10.9. The molecule has 2 aromatic carbocycles. The van der Waals surface area contributed by atoms with Crippen LogP contribution in [0.25, 0.3) is 16.8 Å². The van der Waals surface area contributed by atoms with Crippen molar-refractivity contribution in [1.29, 1.82) is 5.53 Å². The Bertz CT molecular complexity index is 1210. The second-order valence-corrected chi connectivity index (χ2v) is 8.14. The summed E-state index contributed by atoms with van der Waals surface area (Å²) in [5.74, 6) is -0.262. The van der Waals surface area contributed by atoms with Crippen molar-refractivity contribution in [3.63, 3.8) is 0 Å². The molecule has 2 heterocycles. The van der Waals surface area contributed by atoms with Gasteiger partial charge in [-0.1, -0.05) is 24.3 Å². The highest BCUT2D eigenvalue weighted by molar-refractivity contribution is 5.75. The largest absolute Gasteiger partial charge is 0.469 e. The number of allylic oxidation sites excluding steroid dienone is 1. The second kappa shape index (κ2) is 9.68. The molecule has 0 amide bonds. The van der Waals surface area contributed by atoms with Gasteiger partial charge in [0.15, 0.2) is 0 Å². The number of nitrogens with zero attached hydrogens (tertiary/aromatic N) is 3. The van der Waals surface area contributed by atoms with E-state index in [2.05, 4.69) is 39.0 Å². The second-order valence-electron chi connectivity index (χ2n) is 8.14. The van der Waals surface area contributed by atoms with Crippen LogP contribution in [0.3, 0.4) is 0 Å². The van der Waals surface area contributed by atoms with E-state index in [4.69, 9.17) is 10.3 Å². The summed E-state index contributed by atoms with van der Waals surface area (Å²) in [6.07, 6.45) is 4.92. The molecule has 0 radical (unpaired) electrons. The van der Waals surface area contributed by atoms with Crippen LogP contribution in [-0.2, 0) is 23.0 Å². The van der Waals surface area contributed by atoms with E-state index in [9.17, 15) is 4.79 Å². The Hall–Kier alpha value is -3.94. The van der Waals surface area contributed by atoms with E-state index >= 15 is 0 Å². The molecule has 0 spiro atoms. The maximum Gasteiger partial charge on any atom is 0.309 e. The van der Waals surface area contributed by atoms with Gasteiger partial charge in [0.1, 0.15) is 0 Å². The highest BCUT2D eigenvalue weighted by Crippen LogP contribution is 2.36. The predicted molar refractivity (Wildman–Crippen MR) is 128 cm³/mol. The van der Waals surface area contributed by atoms with E-state index in [0.29, 0.717) is 5.70 Å². The minimum atomic E-state index is -0.262. The van der Waals surface area contributed by atoms with Gasteiger partial charge in [0.2, 0.25) is 0 Å². The quantitative estimate of drug-likeness (QED) is 0.379. The van der Waals surface area contributed by atoms with Crippen molar-refractivity contribution in [2.24, 2.45) is 12.2 Å². The number of aryl methyl sites for hydroxylation is 1. The Morgan fingerprint density at radius 2 is 2.15 bits per heavy atom. The van der Waals surface area contributed by atoms with Gasteiger partial charge in [-0.25, -0.2) is 5.53 Å². The third kappa shape index (κ3) is 4.95. The molecule has 170 valence electrons. The average Bonchev–Trinajstić information content (AvgIpc) is 3.18. The molecular formula is C25H28N6O2. The van der Waals surface area contributed by atoms with E-state index in [1.807, 2.05) is 50.6 Å². The third-order valence-electron chi connectivity index (χ3n) is 5.84. The molecule has 1 unspecified atom stereocenters. The first kappa shape index (κ1) is 22.3. The first-order valence-electron chi connectivity index (χ1n) is 10.9. The fourth-order valence-corrected chi connectivity index (χ4v) is 4.16. The molecule has 0 aliphatic carbocycles. The van der Waals surface area contributed by atoms with Crippen molar-refractivity contribution in [3.8, 4) is 11.1 Å². The number of benzene rings is 2. The zero-order valence-electron chi connectivity index (χ0n) is 19.1. The predicted octanol–water partition coefficient (Wildman–Crippen LogP) is 4.67. The van der Waals surface area contributed by atoms with E-state index in [1.54, 1.807) is 4.68 Å². The number of carbonyl (C=O) groups excluding carboxylic acids is 1. The normalized spacial score (nSPS) is 16.8. The number of esters is 1. The van der Waals surface area contributed by atoms with Crippen molar-refractivity contribution in [1.82, 2.24) is 15.1 Å². The van der Waals surface area contributed by atoms with Crippen molar-refractivity contribution in [2.45, 2.75) is 25.8 Å². The van der Waals surface area contributed by atoms with Crippen LogP contribution in [-0.4, -0.2) is 29.4 Å². The van der Waals surface area contributed by atoms with Crippen LogP contribution in [0, 0.1) is 5.53 Å². The zero-order chi connectivity index (χ0) is 23.4. The molecule has 0 fully saturated rings. The summed E-state index contributed by atoms with van der Waals surface area (Å²) in [6, 6.07) is 14.2. The molecule has 0 saturated carbocycles. The summed E-state index contributed by atoms with van der Waals surface area (Å²) in [5.41, 5.74) is 15.2. The number of anilines is 1. The Balaban J connectivity index is 1.74. The number of hydrogen-bond donors (Lipinski definition) is 3. The molecule has 1 atom stereocenters. The van der Waals surface area contributed by atoms with Gasteiger partial charge in [0.25, 0.3) is 0 Å². The number of aromatic nitrogens is 2. The van der Waals surface area contributed by atoms with Crippen LogP contribution in [0.5, 0.6) is 0 Å². The van der Waals surface area contributed by atoms with E-state index in [-0.39, 0.29) is 18.4 Å². The molecule has 8 heteroatoms. The summed E-state index contributed by atoms with van der Waals surface area (Å²) >= 11 is 0. The van der Waals surface area contributed by atoms with E-state index < -0.39 is 0 Å². The lowest BCUT2D eigenvalue weighted by molar-refractivity contribution is -0.139. The van der Waals surface area contributed by atoms with Crippen molar-refractivity contribution in [2.75, 3.05) is 19.0 Å². The SMILES string of the molecule is COC(=O)Cc1cccc(NC2CCN/C(=C(/C)N=N)c3ccc(-c4cnn(C)c4)cc32)c1. The number of methoxy groups -OCH3 is 1. The van der Waals surface area contributed by atoms with Gasteiger partial charge in [-0.2, -0.15) is 10.2 Å². The number of nitrogens with one attached hydrogen (secondary N) is 3. The maximum atomic E-state index is 11.7. The molecule has 1 aliphatic rings. The van der Waals surface area contributed by atoms with Gasteiger partial charge < -0.3 is 15.4 Å². The van der Waals surface area contributed by atoms with Gasteiger partial charge in [0, 0.05) is 36.6 Å². The van der Waals surface area contributed by atoms with Crippen LogP contribution in [0.15, 0.2) is 65.7 Å². The van der Waals surface area contributed by atoms with Crippen LogP contribution < -0.4 is 10.6 Å². The summed E-state index contributed by atoms with van der Waals surface area (Å²) < 4.78 is 6.60. The van der Waals surface area contributed by atoms with Crippen molar-refractivity contribution in [3.05, 3.63) is 77.2 Å². The number of rotatable bonds is 6. The van der Waals surface area contributed by atoms with Crippen LogP contribution >= 0.6 is 0 Å². The Morgan fingerprint density at radius 3 is 2.88 bits per heavy atom. The van der Waals surface area contributed by atoms with Gasteiger partial charge in [-0.15, -0.1) is 0 Å². The van der Waals surface area contributed by atoms with Gasteiger partial charge in [0.05, 0.1) is 37.2 Å². The maximum absolute atomic E-state index is 11.7. The smallest absolute Gasteiger partial charge is 0.309 e. The molecule has 4 rings (SSSR count). The van der Waals surface area contributed by atoms with E-state index in [1.165, 1.54) is 7.11 Å². The molecule has 3 N–H and O–H groups in total. The third-order valence-corrected chi connectivity index (χ3v) is 5.84. The minimum absolute atomic E-state index is 0.0218.